The lowest BCUT2D eigenvalue weighted by Crippen LogP contribution is -2.42. The topological polar surface area (TPSA) is 49.4 Å². The number of piperidine rings is 1. The summed E-state index contributed by atoms with van der Waals surface area (Å²) in [7, 11) is 0. The van der Waals surface area contributed by atoms with Gasteiger partial charge in [-0.1, -0.05) is 43.7 Å². The van der Waals surface area contributed by atoms with Crippen molar-refractivity contribution in [2.45, 2.75) is 27.2 Å². The summed E-state index contributed by atoms with van der Waals surface area (Å²) in [4.78, 5) is 27.6. The number of nitrogens with one attached hydrogen (secondary N) is 1. The van der Waals surface area contributed by atoms with E-state index in [9.17, 15) is 9.59 Å². The predicted octanol–water partition coefficient (Wildman–Crippen LogP) is 4.37. The zero-order valence-corrected chi connectivity index (χ0v) is 15.7. The first-order chi connectivity index (χ1) is 12.4. The second-order valence-corrected chi connectivity index (χ2v) is 7.53. The molecule has 2 unspecified atom stereocenters. The van der Waals surface area contributed by atoms with Crippen LogP contribution in [0.15, 0.2) is 48.5 Å². The summed E-state index contributed by atoms with van der Waals surface area (Å²) in [6.45, 7) is 7.85. The fraction of sp³-hybridized carbons (Fsp3) is 0.364. The third kappa shape index (κ3) is 4.13. The van der Waals surface area contributed by atoms with E-state index in [0.717, 1.165) is 25.1 Å². The van der Waals surface area contributed by atoms with Gasteiger partial charge in [0.15, 0.2) is 0 Å². The summed E-state index contributed by atoms with van der Waals surface area (Å²) in [6.07, 6.45) is 1.15. The number of carbonyl (C=O) groups excluding carboxylic acids is 2. The molecule has 26 heavy (non-hydrogen) atoms. The van der Waals surface area contributed by atoms with Gasteiger partial charge in [0.2, 0.25) is 0 Å². The molecular weight excluding hydrogens is 324 g/mol. The molecular formula is C22H26N2O2. The number of benzene rings is 2. The first kappa shape index (κ1) is 18.2. The lowest BCUT2D eigenvalue weighted by atomic mass is 9.91. The Bertz CT molecular complexity index is 805. The van der Waals surface area contributed by atoms with Crippen LogP contribution in [0.5, 0.6) is 0 Å². The predicted molar refractivity (Wildman–Crippen MR) is 104 cm³/mol. The smallest absolute Gasteiger partial charge is 0.255 e. The van der Waals surface area contributed by atoms with Crippen LogP contribution >= 0.6 is 0 Å². The van der Waals surface area contributed by atoms with Crippen molar-refractivity contribution in [1.29, 1.82) is 0 Å². The monoisotopic (exact) mass is 350 g/mol. The van der Waals surface area contributed by atoms with E-state index in [4.69, 9.17) is 0 Å². The number of hydrogen-bond acceptors (Lipinski definition) is 2. The van der Waals surface area contributed by atoms with E-state index in [2.05, 4.69) is 19.2 Å². The summed E-state index contributed by atoms with van der Waals surface area (Å²) in [5.41, 5.74) is 2.73. The molecule has 2 aromatic rings. The molecule has 1 aliphatic heterocycles. The Morgan fingerprint density at radius 2 is 1.69 bits per heavy atom. The average molecular weight is 350 g/mol. The van der Waals surface area contributed by atoms with E-state index in [1.807, 2.05) is 42.2 Å². The van der Waals surface area contributed by atoms with Gasteiger partial charge in [-0.2, -0.15) is 0 Å². The Morgan fingerprint density at radius 1 is 1.00 bits per heavy atom. The number of para-hydroxylation sites is 1. The number of hydrogen-bond donors (Lipinski definition) is 1. The minimum Gasteiger partial charge on any atom is -0.338 e. The third-order valence-electron chi connectivity index (χ3n) is 4.84. The molecule has 1 aliphatic rings. The van der Waals surface area contributed by atoms with E-state index in [0.29, 0.717) is 28.7 Å². The van der Waals surface area contributed by atoms with Crippen LogP contribution in [0.1, 0.15) is 46.5 Å². The number of carbonyl (C=O) groups is 2. The summed E-state index contributed by atoms with van der Waals surface area (Å²) >= 11 is 0. The highest BCUT2D eigenvalue weighted by Crippen LogP contribution is 2.25. The normalized spacial score (nSPS) is 19.9. The maximum atomic E-state index is 13.1. The van der Waals surface area contributed by atoms with Crippen LogP contribution in [0.2, 0.25) is 0 Å². The largest absolute Gasteiger partial charge is 0.338 e. The molecule has 136 valence electrons. The number of likely N-dealkylation sites (tertiary alicyclic amines) is 1. The lowest BCUT2D eigenvalue weighted by Gasteiger charge is -2.35. The Morgan fingerprint density at radius 3 is 2.38 bits per heavy atom. The average Bonchev–Trinajstić information content (AvgIpc) is 2.61. The van der Waals surface area contributed by atoms with Gasteiger partial charge in [-0.05, 0) is 49.4 Å². The van der Waals surface area contributed by atoms with Crippen LogP contribution in [-0.2, 0) is 0 Å². The van der Waals surface area contributed by atoms with Crippen molar-refractivity contribution in [3.05, 3.63) is 65.2 Å². The van der Waals surface area contributed by atoms with Gasteiger partial charge in [-0.25, -0.2) is 0 Å². The fourth-order valence-electron chi connectivity index (χ4n) is 3.76. The molecule has 1 saturated heterocycles. The van der Waals surface area contributed by atoms with Crippen LogP contribution in [0.3, 0.4) is 0 Å². The maximum absolute atomic E-state index is 13.1. The Kier molecular flexibility index (Phi) is 5.40. The molecule has 0 radical (unpaired) electrons. The molecule has 0 saturated carbocycles. The van der Waals surface area contributed by atoms with Crippen molar-refractivity contribution >= 4 is 17.5 Å². The SMILES string of the molecule is Cc1cccc(C(=O)Nc2ccccc2C(=O)N2CC(C)CC(C)C2)c1. The maximum Gasteiger partial charge on any atom is 0.255 e. The molecule has 1 N–H and O–H groups in total. The highest BCUT2D eigenvalue weighted by atomic mass is 16.2. The molecule has 4 heteroatoms. The number of rotatable bonds is 3. The van der Waals surface area contributed by atoms with Gasteiger partial charge in [-0.3, -0.25) is 9.59 Å². The van der Waals surface area contributed by atoms with Gasteiger partial charge >= 0.3 is 0 Å². The number of aryl methyl sites for hydroxylation is 1. The molecule has 3 rings (SSSR count). The first-order valence-corrected chi connectivity index (χ1v) is 9.20. The van der Waals surface area contributed by atoms with Gasteiger partial charge in [0, 0.05) is 18.7 Å². The molecule has 2 amide bonds. The Balaban J connectivity index is 1.82. The van der Waals surface area contributed by atoms with Crippen molar-refractivity contribution in [2.75, 3.05) is 18.4 Å². The van der Waals surface area contributed by atoms with E-state index in [1.54, 1.807) is 18.2 Å². The minimum absolute atomic E-state index is 0.0106. The van der Waals surface area contributed by atoms with Crippen LogP contribution < -0.4 is 5.32 Å². The number of amides is 2. The molecule has 0 aromatic heterocycles. The summed E-state index contributed by atoms with van der Waals surface area (Å²) in [5.74, 6) is 0.784. The Hall–Kier alpha value is -2.62. The van der Waals surface area contributed by atoms with Crippen molar-refractivity contribution in [1.82, 2.24) is 4.90 Å². The lowest BCUT2D eigenvalue weighted by molar-refractivity contribution is 0.0624. The van der Waals surface area contributed by atoms with Crippen LogP contribution in [0, 0.1) is 18.8 Å². The van der Waals surface area contributed by atoms with Gasteiger partial charge in [0.25, 0.3) is 11.8 Å². The second kappa shape index (κ2) is 7.73. The third-order valence-corrected chi connectivity index (χ3v) is 4.84. The second-order valence-electron chi connectivity index (χ2n) is 7.53. The van der Waals surface area contributed by atoms with E-state index in [-0.39, 0.29) is 11.8 Å². The highest BCUT2D eigenvalue weighted by molar-refractivity contribution is 6.09. The van der Waals surface area contributed by atoms with Crippen LogP contribution in [0.25, 0.3) is 0 Å². The molecule has 2 atom stereocenters. The highest BCUT2D eigenvalue weighted by Gasteiger charge is 2.27. The zero-order valence-electron chi connectivity index (χ0n) is 15.7. The van der Waals surface area contributed by atoms with E-state index >= 15 is 0 Å². The molecule has 1 fully saturated rings. The van der Waals surface area contributed by atoms with Gasteiger partial charge in [-0.15, -0.1) is 0 Å². The fourth-order valence-corrected chi connectivity index (χ4v) is 3.76. The molecule has 1 heterocycles. The summed E-state index contributed by atoms with van der Waals surface area (Å²) in [6, 6.07) is 14.7. The van der Waals surface area contributed by atoms with Crippen LogP contribution in [-0.4, -0.2) is 29.8 Å². The molecule has 0 bridgehead atoms. The summed E-state index contributed by atoms with van der Waals surface area (Å²) in [5, 5.41) is 2.91. The minimum atomic E-state index is -0.200. The summed E-state index contributed by atoms with van der Waals surface area (Å²) < 4.78 is 0. The number of nitrogens with zero attached hydrogens (tertiary/aromatic N) is 1. The quantitative estimate of drug-likeness (QED) is 0.894. The number of anilines is 1. The molecule has 4 nitrogen and oxygen atoms in total. The Labute approximate surface area is 155 Å². The van der Waals surface area contributed by atoms with Gasteiger partial charge < -0.3 is 10.2 Å². The molecule has 2 aromatic carbocycles. The van der Waals surface area contributed by atoms with Gasteiger partial charge in [0.05, 0.1) is 11.3 Å². The van der Waals surface area contributed by atoms with Crippen molar-refractivity contribution in [3.63, 3.8) is 0 Å². The van der Waals surface area contributed by atoms with Gasteiger partial charge in [0.1, 0.15) is 0 Å². The zero-order chi connectivity index (χ0) is 18.7. The van der Waals surface area contributed by atoms with E-state index < -0.39 is 0 Å². The first-order valence-electron chi connectivity index (χ1n) is 9.20. The van der Waals surface area contributed by atoms with Crippen molar-refractivity contribution in [3.8, 4) is 0 Å². The standard InChI is InChI=1S/C22H26N2O2/c1-15-7-6-8-18(12-15)21(25)23-20-10-5-4-9-19(20)22(26)24-13-16(2)11-17(3)14-24/h4-10,12,16-17H,11,13-14H2,1-3H3,(H,23,25). The van der Waals surface area contributed by atoms with E-state index in [1.165, 1.54) is 0 Å². The molecule has 0 aliphatic carbocycles. The van der Waals surface area contributed by atoms with Crippen molar-refractivity contribution < 1.29 is 9.59 Å². The van der Waals surface area contributed by atoms with Crippen molar-refractivity contribution in [2.24, 2.45) is 11.8 Å². The molecule has 0 spiro atoms. The van der Waals surface area contributed by atoms with Crippen LogP contribution in [0.4, 0.5) is 5.69 Å².